The van der Waals surface area contributed by atoms with Gasteiger partial charge in [0, 0.05) is 0 Å². The Morgan fingerprint density at radius 1 is 0.792 bits per heavy atom. The van der Waals surface area contributed by atoms with Crippen molar-refractivity contribution in [3.63, 3.8) is 0 Å². The van der Waals surface area contributed by atoms with E-state index in [9.17, 15) is 9.59 Å². The minimum atomic E-state index is -0.967. The van der Waals surface area contributed by atoms with Crippen molar-refractivity contribution < 1.29 is 50.8 Å². The molecule has 0 aliphatic rings. The van der Waals surface area contributed by atoms with Crippen molar-refractivity contribution in [1.29, 1.82) is 0 Å². The number of carbonyl (C=O) groups is 2. The number of unbranched alkanes of at least 4 members (excludes halogenated alkanes) is 9. The predicted molar refractivity (Wildman–Crippen MR) is 93.9 cm³/mol. The molecule has 0 rings (SSSR count). The van der Waals surface area contributed by atoms with E-state index >= 15 is 0 Å². The van der Waals surface area contributed by atoms with E-state index in [0.29, 0.717) is 6.54 Å². The van der Waals surface area contributed by atoms with Gasteiger partial charge in [0.25, 0.3) is 0 Å². The van der Waals surface area contributed by atoms with Gasteiger partial charge in [-0.25, -0.2) is 0 Å². The molecule has 0 amide bonds. The molecule has 0 saturated heterocycles. The Balaban J connectivity index is -0.00000242. The third kappa shape index (κ3) is 12.3. The summed E-state index contributed by atoms with van der Waals surface area (Å²) in [6, 6.07) is -1.53. The SMILES string of the molecule is CCCCCCCCCCCCN(C(C)C(=O)O)C(C)C(=O)O.[H-].[Na+]. The van der Waals surface area contributed by atoms with Crippen molar-refractivity contribution in [2.75, 3.05) is 6.54 Å². The first kappa shape index (κ1) is 26.1. The first-order valence-electron chi connectivity index (χ1n) is 9.13. The van der Waals surface area contributed by atoms with E-state index in [1.807, 2.05) is 0 Å². The number of rotatable bonds is 15. The van der Waals surface area contributed by atoms with Crippen LogP contribution in [0, 0.1) is 0 Å². The molecule has 0 bridgehead atoms. The predicted octanol–water partition coefficient (Wildman–Crippen LogP) is 1.27. The average molecular weight is 353 g/mol. The van der Waals surface area contributed by atoms with E-state index in [-0.39, 0.29) is 31.0 Å². The Bertz CT molecular complexity index is 325. The molecule has 138 valence electrons. The Morgan fingerprint density at radius 3 is 1.46 bits per heavy atom. The van der Waals surface area contributed by atoms with Gasteiger partial charge in [-0.2, -0.15) is 0 Å². The van der Waals surface area contributed by atoms with Crippen LogP contribution in [-0.2, 0) is 9.59 Å². The molecule has 0 aromatic carbocycles. The molecule has 6 heteroatoms. The van der Waals surface area contributed by atoms with Crippen molar-refractivity contribution >= 4 is 11.9 Å². The van der Waals surface area contributed by atoms with E-state index in [1.165, 1.54) is 44.9 Å². The van der Waals surface area contributed by atoms with E-state index in [2.05, 4.69) is 6.92 Å². The Morgan fingerprint density at radius 2 is 1.12 bits per heavy atom. The molecule has 0 heterocycles. The Kier molecular flexibility index (Phi) is 17.8. The summed E-state index contributed by atoms with van der Waals surface area (Å²) in [7, 11) is 0. The van der Waals surface area contributed by atoms with Crippen LogP contribution < -0.4 is 29.6 Å². The van der Waals surface area contributed by atoms with Crippen molar-refractivity contribution in [3.8, 4) is 0 Å². The number of carboxylic acid groups (broad SMARTS) is 2. The van der Waals surface area contributed by atoms with E-state index in [4.69, 9.17) is 10.2 Å². The average Bonchev–Trinajstić information content (AvgIpc) is 2.51. The van der Waals surface area contributed by atoms with Crippen LogP contribution >= 0.6 is 0 Å². The molecule has 0 saturated carbocycles. The second kappa shape index (κ2) is 16.4. The van der Waals surface area contributed by atoms with Crippen LogP contribution in [-0.4, -0.2) is 45.7 Å². The second-order valence-electron chi connectivity index (χ2n) is 6.45. The molecular weight excluding hydrogens is 317 g/mol. The van der Waals surface area contributed by atoms with E-state index < -0.39 is 24.0 Å². The van der Waals surface area contributed by atoms with Gasteiger partial charge in [0.05, 0.1) is 0 Å². The molecule has 24 heavy (non-hydrogen) atoms. The van der Waals surface area contributed by atoms with Crippen molar-refractivity contribution in [2.45, 2.75) is 97.1 Å². The monoisotopic (exact) mass is 353 g/mol. The van der Waals surface area contributed by atoms with Crippen LogP contribution in [0.2, 0.25) is 0 Å². The Hall–Kier alpha value is -0.100. The summed E-state index contributed by atoms with van der Waals surface area (Å²) in [6.07, 6.45) is 12.1. The van der Waals surface area contributed by atoms with Crippen molar-refractivity contribution in [1.82, 2.24) is 4.90 Å². The van der Waals surface area contributed by atoms with Crippen LogP contribution in [0.5, 0.6) is 0 Å². The van der Waals surface area contributed by atoms with Crippen LogP contribution in [0.4, 0.5) is 0 Å². The second-order valence-corrected chi connectivity index (χ2v) is 6.45. The van der Waals surface area contributed by atoms with Gasteiger partial charge in [0.1, 0.15) is 12.1 Å². The zero-order valence-corrected chi connectivity index (χ0v) is 18.1. The number of carboxylic acids is 2. The normalized spacial score (nSPS) is 13.3. The molecule has 0 aliphatic heterocycles. The summed E-state index contributed by atoms with van der Waals surface area (Å²) >= 11 is 0. The van der Waals surface area contributed by atoms with Gasteiger partial charge in [-0.1, -0.05) is 64.7 Å². The fourth-order valence-electron chi connectivity index (χ4n) is 2.79. The summed E-state index contributed by atoms with van der Waals surface area (Å²) in [5, 5.41) is 18.2. The maximum absolute atomic E-state index is 11.1. The van der Waals surface area contributed by atoms with E-state index in [1.54, 1.807) is 18.7 Å². The van der Waals surface area contributed by atoms with Gasteiger partial charge in [-0.05, 0) is 26.8 Å². The summed E-state index contributed by atoms with van der Waals surface area (Å²) in [4.78, 5) is 23.8. The van der Waals surface area contributed by atoms with Gasteiger partial charge in [0.2, 0.25) is 0 Å². The van der Waals surface area contributed by atoms with Gasteiger partial charge < -0.3 is 11.6 Å². The standard InChI is InChI=1S/C18H35NO4.Na.H/c1-4-5-6-7-8-9-10-11-12-13-14-19(15(2)17(20)21)16(3)18(22)23;;/h15-16H,4-14H2,1-3H3,(H,20,21)(H,22,23);;/q;+1;-1. The van der Waals surface area contributed by atoms with Gasteiger partial charge in [-0.15, -0.1) is 0 Å². The topological polar surface area (TPSA) is 77.8 Å². The minimum absolute atomic E-state index is 0. The van der Waals surface area contributed by atoms with Crippen molar-refractivity contribution in [2.24, 2.45) is 0 Å². The summed E-state index contributed by atoms with van der Waals surface area (Å²) in [6.45, 7) is 5.85. The maximum atomic E-state index is 11.1. The molecule has 0 radical (unpaired) electrons. The summed E-state index contributed by atoms with van der Waals surface area (Å²) in [5.74, 6) is -1.93. The number of aliphatic carboxylic acids is 2. The first-order valence-corrected chi connectivity index (χ1v) is 9.13. The first-order chi connectivity index (χ1) is 10.9. The largest absolute Gasteiger partial charge is 1.00 e. The number of hydrogen-bond acceptors (Lipinski definition) is 3. The third-order valence-electron chi connectivity index (χ3n) is 4.48. The Labute approximate surface area is 171 Å². The van der Waals surface area contributed by atoms with Crippen LogP contribution in [0.3, 0.4) is 0 Å². The summed E-state index contributed by atoms with van der Waals surface area (Å²) in [5.41, 5.74) is 0. The quantitative estimate of drug-likeness (QED) is 0.342. The fourth-order valence-corrected chi connectivity index (χ4v) is 2.79. The molecule has 2 atom stereocenters. The molecule has 5 nitrogen and oxygen atoms in total. The molecule has 2 N–H and O–H groups in total. The van der Waals surface area contributed by atoms with Crippen LogP contribution in [0.25, 0.3) is 0 Å². The molecule has 0 aromatic rings. The number of hydrogen-bond donors (Lipinski definition) is 2. The third-order valence-corrected chi connectivity index (χ3v) is 4.48. The molecule has 0 fully saturated rings. The van der Waals surface area contributed by atoms with E-state index in [0.717, 1.165) is 19.3 Å². The van der Waals surface area contributed by atoms with Crippen molar-refractivity contribution in [3.05, 3.63) is 0 Å². The van der Waals surface area contributed by atoms with Gasteiger partial charge in [0.15, 0.2) is 0 Å². The smallest absolute Gasteiger partial charge is 1.00 e. The van der Waals surface area contributed by atoms with Gasteiger partial charge >= 0.3 is 41.5 Å². The molecule has 0 spiro atoms. The summed E-state index contributed by atoms with van der Waals surface area (Å²) < 4.78 is 0. The molecule has 0 aliphatic carbocycles. The van der Waals surface area contributed by atoms with Gasteiger partial charge in [-0.3, -0.25) is 14.5 Å². The molecule has 0 aromatic heterocycles. The zero-order valence-electron chi connectivity index (χ0n) is 17.1. The van der Waals surface area contributed by atoms with Crippen LogP contribution in [0.15, 0.2) is 0 Å². The van der Waals surface area contributed by atoms with Crippen LogP contribution in [0.1, 0.15) is 86.4 Å². The molecule has 2 unspecified atom stereocenters. The minimum Gasteiger partial charge on any atom is -1.00 e. The maximum Gasteiger partial charge on any atom is 1.00 e. The zero-order chi connectivity index (χ0) is 17.7. The fraction of sp³-hybridized carbons (Fsp3) is 0.889. The number of nitrogens with zero attached hydrogens (tertiary/aromatic N) is 1. The molecular formula is C18H36NNaO4.